The van der Waals surface area contributed by atoms with Gasteiger partial charge in [-0.1, -0.05) is 11.6 Å². The topological polar surface area (TPSA) is 63.4 Å². The number of nitrogens with two attached hydrogens (primary N) is 1. The lowest BCUT2D eigenvalue weighted by Gasteiger charge is -2.32. The molecule has 1 saturated heterocycles. The van der Waals surface area contributed by atoms with Crippen LogP contribution in [0, 0.1) is 5.92 Å². The molecule has 0 amide bonds. The second kappa shape index (κ2) is 4.47. The normalized spacial score (nSPS) is 32.2. The summed E-state index contributed by atoms with van der Waals surface area (Å²) >= 11 is 0. The number of piperidine rings is 1. The SMILES string of the molecule is CS(=O)(=O)N1CCCC(C=C2CC(N)C2)C1. The number of nitrogens with zero attached hydrogens (tertiary/aromatic N) is 1. The largest absolute Gasteiger partial charge is 0.327 e. The van der Waals surface area contributed by atoms with Crippen LogP contribution in [0.2, 0.25) is 0 Å². The molecule has 2 fully saturated rings. The Morgan fingerprint density at radius 1 is 1.44 bits per heavy atom. The third kappa shape index (κ3) is 2.84. The van der Waals surface area contributed by atoms with E-state index < -0.39 is 10.0 Å². The van der Waals surface area contributed by atoms with Gasteiger partial charge in [0.25, 0.3) is 0 Å². The van der Waals surface area contributed by atoms with Crippen LogP contribution in [-0.4, -0.2) is 38.1 Å². The van der Waals surface area contributed by atoms with E-state index in [-0.39, 0.29) is 0 Å². The molecule has 0 radical (unpaired) electrons. The zero-order chi connectivity index (χ0) is 11.8. The Labute approximate surface area is 97.5 Å². The first-order valence-corrected chi connectivity index (χ1v) is 7.70. The predicted octanol–water partition coefficient (Wildman–Crippen LogP) is 0.706. The Balaban J connectivity index is 1.95. The van der Waals surface area contributed by atoms with E-state index in [0.717, 1.165) is 25.7 Å². The Hall–Kier alpha value is -0.390. The molecule has 1 aliphatic heterocycles. The van der Waals surface area contributed by atoms with Gasteiger partial charge in [-0.15, -0.1) is 0 Å². The summed E-state index contributed by atoms with van der Waals surface area (Å²) in [5.74, 6) is 0.394. The molecule has 5 heteroatoms. The third-order valence-corrected chi connectivity index (χ3v) is 4.68. The van der Waals surface area contributed by atoms with Crippen LogP contribution in [0.1, 0.15) is 25.7 Å². The van der Waals surface area contributed by atoms with Gasteiger partial charge in [0.2, 0.25) is 10.0 Å². The summed E-state index contributed by atoms with van der Waals surface area (Å²) in [5.41, 5.74) is 7.13. The monoisotopic (exact) mass is 244 g/mol. The van der Waals surface area contributed by atoms with E-state index in [0.29, 0.717) is 25.0 Å². The van der Waals surface area contributed by atoms with E-state index >= 15 is 0 Å². The maximum atomic E-state index is 11.4. The van der Waals surface area contributed by atoms with Gasteiger partial charge in [0.15, 0.2) is 0 Å². The number of hydrogen-bond acceptors (Lipinski definition) is 3. The standard InChI is InChI=1S/C11H20N2O2S/c1-16(14,15)13-4-2-3-9(8-13)5-10-6-11(12)7-10/h5,9,11H,2-4,6-8,12H2,1H3. The molecule has 0 aromatic rings. The number of hydrogen-bond donors (Lipinski definition) is 1. The number of rotatable bonds is 2. The van der Waals surface area contributed by atoms with Gasteiger partial charge in [-0.3, -0.25) is 0 Å². The highest BCUT2D eigenvalue weighted by atomic mass is 32.2. The lowest BCUT2D eigenvalue weighted by Crippen LogP contribution is -2.39. The Morgan fingerprint density at radius 2 is 2.12 bits per heavy atom. The summed E-state index contributed by atoms with van der Waals surface area (Å²) in [5, 5.41) is 0. The van der Waals surface area contributed by atoms with Gasteiger partial charge in [-0.25, -0.2) is 12.7 Å². The van der Waals surface area contributed by atoms with Crippen LogP contribution < -0.4 is 5.73 Å². The van der Waals surface area contributed by atoms with Crippen molar-refractivity contribution in [2.45, 2.75) is 31.7 Å². The van der Waals surface area contributed by atoms with Crippen molar-refractivity contribution in [3.8, 4) is 0 Å². The quantitative estimate of drug-likeness (QED) is 0.727. The maximum Gasteiger partial charge on any atom is 0.211 e. The van der Waals surface area contributed by atoms with E-state index in [1.165, 1.54) is 11.8 Å². The van der Waals surface area contributed by atoms with Gasteiger partial charge in [0.05, 0.1) is 6.26 Å². The van der Waals surface area contributed by atoms with E-state index in [1.54, 1.807) is 4.31 Å². The maximum absolute atomic E-state index is 11.4. The Morgan fingerprint density at radius 3 is 2.69 bits per heavy atom. The summed E-state index contributed by atoms with van der Waals surface area (Å²) in [6.07, 6.45) is 7.60. The van der Waals surface area contributed by atoms with Crippen LogP contribution in [0.15, 0.2) is 11.6 Å². The summed E-state index contributed by atoms with van der Waals surface area (Å²) in [6.45, 7) is 1.33. The fourth-order valence-corrected chi connectivity index (χ4v) is 3.42. The Kier molecular flexibility index (Phi) is 3.37. The zero-order valence-electron chi connectivity index (χ0n) is 9.72. The van der Waals surface area contributed by atoms with Crippen molar-refractivity contribution in [2.75, 3.05) is 19.3 Å². The lowest BCUT2D eigenvalue weighted by atomic mass is 9.83. The molecule has 0 bridgehead atoms. The van der Waals surface area contributed by atoms with Gasteiger partial charge >= 0.3 is 0 Å². The van der Waals surface area contributed by atoms with E-state index in [1.807, 2.05) is 0 Å². The highest BCUT2D eigenvalue weighted by molar-refractivity contribution is 7.88. The van der Waals surface area contributed by atoms with Gasteiger partial charge < -0.3 is 5.73 Å². The van der Waals surface area contributed by atoms with Crippen molar-refractivity contribution in [1.82, 2.24) is 4.31 Å². The van der Waals surface area contributed by atoms with Crippen LogP contribution in [0.3, 0.4) is 0 Å². The van der Waals surface area contributed by atoms with Crippen molar-refractivity contribution in [1.29, 1.82) is 0 Å². The average molecular weight is 244 g/mol. The molecule has 1 saturated carbocycles. The second-order valence-corrected chi connectivity index (χ2v) is 7.00. The van der Waals surface area contributed by atoms with Gasteiger partial charge in [-0.05, 0) is 31.6 Å². The molecule has 2 aliphatic rings. The van der Waals surface area contributed by atoms with Crippen LogP contribution in [0.25, 0.3) is 0 Å². The van der Waals surface area contributed by atoms with Crippen LogP contribution in [0.5, 0.6) is 0 Å². The average Bonchev–Trinajstić information content (AvgIpc) is 2.14. The summed E-state index contributed by atoms with van der Waals surface area (Å²) in [4.78, 5) is 0. The molecular formula is C11H20N2O2S. The molecular weight excluding hydrogens is 224 g/mol. The summed E-state index contributed by atoms with van der Waals surface area (Å²) in [7, 11) is -3.01. The summed E-state index contributed by atoms with van der Waals surface area (Å²) in [6, 6.07) is 0.334. The number of sulfonamides is 1. The second-order valence-electron chi connectivity index (χ2n) is 5.02. The van der Waals surface area contributed by atoms with E-state index in [9.17, 15) is 8.42 Å². The molecule has 0 spiro atoms. The minimum atomic E-state index is -3.01. The predicted molar refractivity (Wildman–Crippen MR) is 64.4 cm³/mol. The first kappa shape index (κ1) is 12.1. The molecule has 4 nitrogen and oxygen atoms in total. The minimum Gasteiger partial charge on any atom is -0.327 e. The Bertz CT molecular complexity index is 381. The molecule has 92 valence electrons. The van der Waals surface area contributed by atoms with Crippen LogP contribution >= 0.6 is 0 Å². The molecule has 0 aromatic carbocycles. The molecule has 16 heavy (non-hydrogen) atoms. The van der Waals surface area contributed by atoms with Crippen LogP contribution in [-0.2, 0) is 10.0 Å². The van der Waals surface area contributed by atoms with Crippen molar-refractivity contribution < 1.29 is 8.42 Å². The fourth-order valence-electron chi connectivity index (χ4n) is 2.49. The molecule has 0 aromatic heterocycles. The fraction of sp³-hybridized carbons (Fsp3) is 0.818. The zero-order valence-corrected chi connectivity index (χ0v) is 10.5. The van der Waals surface area contributed by atoms with Crippen molar-refractivity contribution >= 4 is 10.0 Å². The van der Waals surface area contributed by atoms with Crippen molar-refractivity contribution in [2.24, 2.45) is 11.7 Å². The van der Waals surface area contributed by atoms with Crippen molar-refractivity contribution in [3.63, 3.8) is 0 Å². The van der Waals surface area contributed by atoms with Gasteiger partial charge in [0, 0.05) is 19.1 Å². The minimum absolute atomic E-state index is 0.334. The molecule has 1 aliphatic carbocycles. The molecule has 2 rings (SSSR count). The molecule has 1 unspecified atom stereocenters. The van der Waals surface area contributed by atoms with E-state index in [2.05, 4.69) is 6.08 Å². The van der Waals surface area contributed by atoms with Gasteiger partial charge in [0.1, 0.15) is 0 Å². The molecule has 1 atom stereocenters. The lowest BCUT2D eigenvalue weighted by molar-refractivity contribution is 0.299. The van der Waals surface area contributed by atoms with E-state index in [4.69, 9.17) is 5.73 Å². The third-order valence-electron chi connectivity index (χ3n) is 3.41. The highest BCUT2D eigenvalue weighted by Gasteiger charge is 2.26. The first-order chi connectivity index (χ1) is 7.45. The van der Waals surface area contributed by atoms with Gasteiger partial charge in [-0.2, -0.15) is 0 Å². The highest BCUT2D eigenvalue weighted by Crippen LogP contribution is 2.29. The summed E-state index contributed by atoms with van der Waals surface area (Å²) < 4.78 is 24.5. The molecule has 1 heterocycles. The smallest absolute Gasteiger partial charge is 0.211 e. The first-order valence-electron chi connectivity index (χ1n) is 5.85. The van der Waals surface area contributed by atoms with Crippen LogP contribution in [0.4, 0.5) is 0 Å². The molecule has 2 N–H and O–H groups in total. The van der Waals surface area contributed by atoms with Crippen molar-refractivity contribution in [3.05, 3.63) is 11.6 Å².